The van der Waals surface area contributed by atoms with Crippen molar-refractivity contribution in [3.63, 3.8) is 0 Å². The maximum absolute atomic E-state index is 8.92. The van der Waals surface area contributed by atoms with E-state index >= 15 is 0 Å². The van der Waals surface area contributed by atoms with E-state index in [2.05, 4.69) is 15.9 Å². The first-order chi connectivity index (χ1) is 7.20. The van der Waals surface area contributed by atoms with Gasteiger partial charge < -0.3 is 14.6 Å². The summed E-state index contributed by atoms with van der Waals surface area (Å²) in [7, 11) is 0. The molecular formula is C11H11BrO3. The standard InChI is InChI=1S/C11H11BrO3/c1-7(5-13)2-8-3-9(12)11-10(4-8)14-6-15-11/h2-4,13H,5-6H2,1H3. The second-order valence-corrected chi connectivity index (χ2v) is 4.24. The van der Waals surface area contributed by atoms with Crippen LogP contribution >= 0.6 is 15.9 Å². The zero-order valence-electron chi connectivity index (χ0n) is 8.29. The van der Waals surface area contributed by atoms with Gasteiger partial charge in [0.1, 0.15) is 0 Å². The third-order valence-electron chi connectivity index (χ3n) is 2.11. The van der Waals surface area contributed by atoms with Crippen molar-refractivity contribution in [3.8, 4) is 11.5 Å². The maximum atomic E-state index is 8.92. The summed E-state index contributed by atoms with van der Waals surface area (Å²) in [5, 5.41) is 8.92. The van der Waals surface area contributed by atoms with Gasteiger partial charge in [-0.05, 0) is 46.1 Å². The van der Waals surface area contributed by atoms with Gasteiger partial charge in [0, 0.05) is 0 Å². The van der Waals surface area contributed by atoms with E-state index in [0.29, 0.717) is 0 Å². The Morgan fingerprint density at radius 3 is 3.07 bits per heavy atom. The summed E-state index contributed by atoms with van der Waals surface area (Å²) in [5.41, 5.74) is 1.89. The van der Waals surface area contributed by atoms with Crippen LogP contribution in [0, 0.1) is 0 Å². The van der Waals surface area contributed by atoms with Gasteiger partial charge in [-0.2, -0.15) is 0 Å². The first kappa shape index (κ1) is 10.5. The predicted octanol–water partition coefficient (Wildman–Crippen LogP) is 2.57. The van der Waals surface area contributed by atoms with E-state index in [1.54, 1.807) is 0 Å². The molecule has 1 aliphatic heterocycles. The Hall–Kier alpha value is -1.00. The van der Waals surface area contributed by atoms with Crippen molar-refractivity contribution in [1.29, 1.82) is 0 Å². The van der Waals surface area contributed by atoms with E-state index in [1.807, 2.05) is 25.1 Å². The summed E-state index contributed by atoms with van der Waals surface area (Å²) in [6, 6.07) is 3.83. The molecule has 4 heteroatoms. The van der Waals surface area contributed by atoms with Crippen LogP contribution in [0.15, 0.2) is 22.2 Å². The summed E-state index contributed by atoms with van der Waals surface area (Å²) in [6.07, 6.45) is 1.91. The molecule has 0 saturated heterocycles. The van der Waals surface area contributed by atoms with Crippen molar-refractivity contribution >= 4 is 22.0 Å². The van der Waals surface area contributed by atoms with Crippen molar-refractivity contribution in [2.24, 2.45) is 0 Å². The molecule has 0 amide bonds. The number of halogens is 1. The van der Waals surface area contributed by atoms with Crippen molar-refractivity contribution < 1.29 is 14.6 Å². The van der Waals surface area contributed by atoms with Gasteiger partial charge in [0.25, 0.3) is 0 Å². The lowest BCUT2D eigenvalue weighted by Crippen LogP contribution is -1.93. The lowest BCUT2D eigenvalue weighted by Gasteiger charge is -2.02. The van der Waals surface area contributed by atoms with Crippen LogP contribution in [0.1, 0.15) is 12.5 Å². The molecule has 80 valence electrons. The molecule has 0 aromatic heterocycles. The average Bonchev–Trinajstić information content (AvgIpc) is 2.66. The van der Waals surface area contributed by atoms with Crippen molar-refractivity contribution in [2.75, 3.05) is 13.4 Å². The molecule has 1 N–H and O–H groups in total. The normalized spacial score (nSPS) is 14.5. The molecular weight excluding hydrogens is 260 g/mol. The Labute approximate surface area is 96.4 Å². The summed E-state index contributed by atoms with van der Waals surface area (Å²) in [6.45, 7) is 2.20. The second kappa shape index (κ2) is 4.24. The first-order valence-electron chi connectivity index (χ1n) is 4.58. The smallest absolute Gasteiger partial charge is 0.231 e. The van der Waals surface area contributed by atoms with Gasteiger partial charge in [0.05, 0.1) is 11.1 Å². The van der Waals surface area contributed by atoms with Crippen LogP contribution in [0.4, 0.5) is 0 Å². The molecule has 0 bridgehead atoms. The Balaban J connectivity index is 2.39. The van der Waals surface area contributed by atoms with Crippen molar-refractivity contribution in [1.82, 2.24) is 0 Å². The summed E-state index contributed by atoms with van der Waals surface area (Å²) < 4.78 is 11.4. The van der Waals surface area contributed by atoms with Gasteiger partial charge >= 0.3 is 0 Å². The molecule has 3 nitrogen and oxygen atoms in total. The molecule has 0 radical (unpaired) electrons. The number of rotatable bonds is 2. The van der Waals surface area contributed by atoms with Crippen LogP contribution < -0.4 is 9.47 Å². The van der Waals surface area contributed by atoms with Crippen LogP contribution in [-0.4, -0.2) is 18.5 Å². The third-order valence-corrected chi connectivity index (χ3v) is 2.70. The van der Waals surface area contributed by atoms with Crippen LogP contribution in [0.5, 0.6) is 11.5 Å². The molecule has 1 heterocycles. The summed E-state index contributed by atoms with van der Waals surface area (Å²) >= 11 is 3.41. The maximum Gasteiger partial charge on any atom is 0.231 e. The molecule has 1 aliphatic rings. The number of hydrogen-bond acceptors (Lipinski definition) is 3. The quantitative estimate of drug-likeness (QED) is 0.898. The largest absolute Gasteiger partial charge is 0.454 e. The highest BCUT2D eigenvalue weighted by Gasteiger charge is 2.17. The zero-order valence-corrected chi connectivity index (χ0v) is 9.87. The molecule has 0 spiro atoms. The molecule has 2 rings (SSSR count). The highest BCUT2D eigenvalue weighted by molar-refractivity contribution is 9.10. The topological polar surface area (TPSA) is 38.7 Å². The minimum Gasteiger partial charge on any atom is -0.454 e. The van der Waals surface area contributed by atoms with Crippen molar-refractivity contribution in [2.45, 2.75) is 6.92 Å². The summed E-state index contributed by atoms with van der Waals surface area (Å²) in [5.74, 6) is 1.48. The number of ether oxygens (including phenoxy) is 2. The SMILES string of the molecule is CC(=Cc1cc(Br)c2c(c1)OCO2)CO. The van der Waals surface area contributed by atoms with Gasteiger partial charge in [-0.3, -0.25) is 0 Å². The van der Waals surface area contributed by atoms with Crippen LogP contribution in [-0.2, 0) is 0 Å². The van der Waals surface area contributed by atoms with Gasteiger partial charge in [0.2, 0.25) is 6.79 Å². The molecule has 0 aliphatic carbocycles. The second-order valence-electron chi connectivity index (χ2n) is 3.39. The first-order valence-corrected chi connectivity index (χ1v) is 5.37. The lowest BCUT2D eigenvalue weighted by molar-refractivity contribution is 0.173. The Morgan fingerprint density at radius 2 is 2.33 bits per heavy atom. The van der Waals surface area contributed by atoms with Gasteiger partial charge in [-0.15, -0.1) is 0 Å². The van der Waals surface area contributed by atoms with E-state index < -0.39 is 0 Å². The fourth-order valence-electron chi connectivity index (χ4n) is 1.40. The molecule has 0 unspecified atom stereocenters. The highest BCUT2D eigenvalue weighted by atomic mass is 79.9. The number of hydrogen-bond donors (Lipinski definition) is 1. The Bertz CT molecular complexity index is 413. The molecule has 0 fully saturated rings. The van der Waals surface area contributed by atoms with Crippen molar-refractivity contribution in [3.05, 3.63) is 27.7 Å². The van der Waals surface area contributed by atoms with E-state index in [-0.39, 0.29) is 13.4 Å². The van der Waals surface area contributed by atoms with Crippen LogP contribution in [0.25, 0.3) is 6.08 Å². The third kappa shape index (κ3) is 2.16. The van der Waals surface area contributed by atoms with Gasteiger partial charge in [-0.25, -0.2) is 0 Å². The minimum absolute atomic E-state index is 0.0616. The van der Waals surface area contributed by atoms with E-state index in [1.165, 1.54) is 0 Å². The monoisotopic (exact) mass is 270 g/mol. The molecule has 0 atom stereocenters. The number of benzene rings is 1. The highest BCUT2D eigenvalue weighted by Crippen LogP contribution is 2.40. The number of aliphatic hydroxyl groups excluding tert-OH is 1. The minimum atomic E-state index is 0.0616. The van der Waals surface area contributed by atoms with E-state index in [9.17, 15) is 0 Å². The average molecular weight is 271 g/mol. The van der Waals surface area contributed by atoms with Crippen LogP contribution in [0.3, 0.4) is 0 Å². The van der Waals surface area contributed by atoms with E-state index in [0.717, 1.165) is 27.1 Å². The Kier molecular flexibility index (Phi) is 2.98. The molecule has 15 heavy (non-hydrogen) atoms. The Morgan fingerprint density at radius 1 is 1.53 bits per heavy atom. The predicted molar refractivity (Wildman–Crippen MR) is 61.0 cm³/mol. The molecule has 0 saturated carbocycles. The number of aliphatic hydroxyl groups is 1. The molecule has 1 aromatic rings. The van der Waals surface area contributed by atoms with E-state index in [4.69, 9.17) is 14.6 Å². The zero-order chi connectivity index (χ0) is 10.8. The summed E-state index contributed by atoms with van der Waals surface area (Å²) in [4.78, 5) is 0. The van der Waals surface area contributed by atoms with Crippen LogP contribution in [0.2, 0.25) is 0 Å². The van der Waals surface area contributed by atoms with Gasteiger partial charge in [-0.1, -0.05) is 6.08 Å². The fourth-order valence-corrected chi connectivity index (χ4v) is 1.97. The molecule has 1 aromatic carbocycles. The van der Waals surface area contributed by atoms with Gasteiger partial charge in [0.15, 0.2) is 11.5 Å². The fraction of sp³-hybridized carbons (Fsp3) is 0.273. The number of fused-ring (bicyclic) bond motifs is 1. The lowest BCUT2D eigenvalue weighted by atomic mass is 10.1.